The van der Waals surface area contributed by atoms with Gasteiger partial charge in [-0.15, -0.1) is 0 Å². The molecule has 0 amide bonds. The van der Waals surface area contributed by atoms with Crippen LogP contribution in [0.3, 0.4) is 0 Å². The zero-order valence-electron chi connectivity index (χ0n) is 12.6. The molecule has 5 rings (SSSR count). The Morgan fingerprint density at radius 1 is 1.14 bits per heavy atom. The van der Waals surface area contributed by atoms with Crippen molar-refractivity contribution >= 4 is 21.9 Å². The number of rotatable bonds is 0. The van der Waals surface area contributed by atoms with Crippen molar-refractivity contribution in [3.63, 3.8) is 0 Å². The molecule has 1 N–H and O–H groups in total. The third-order valence-corrected chi connectivity index (χ3v) is 6.33. The van der Waals surface area contributed by atoms with Crippen LogP contribution in [0, 0.1) is 5.41 Å². The Morgan fingerprint density at radius 2 is 1.95 bits per heavy atom. The SMILES string of the molecule is CC1(C)[C@@H]2CC[C@@]1(C)c1nc3cc4[nH]ncc4cc3nc12. The van der Waals surface area contributed by atoms with Crippen molar-refractivity contribution in [3.8, 4) is 0 Å². The Labute approximate surface area is 123 Å². The van der Waals surface area contributed by atoms with Gasteiger partial charge >= 0.3 is 0 Å². The van der Waals surface area contributed by atoms with Gasteiger partial charge < -0.3 is 0 Å². The largest absolute Gasteiger partial charge is 0.278 e. The van der Waals surface area contributed by atoms with Crippen LogP contribution >= 0.6 is 0 Å². The van der Waals surface area contributed by atoms with Crippen LogP contribution in [0.4, 0.5) is 0 Å². The smallest absolute Gasteiger partial charge is 0.0912 e. The first-order chi connectivity index (χ1) is 10.0. The van der Waals surface area contributed by atoms with E-state index in [1.807, 2.05) is 6.20 Å². The summed E-state index contributed by atoms with van der Waals surface area (Å²) in [4.78, 5) is 10.0. The zero-order valence-corrected chi connectivity index (χ0v) is 12.6. The fourth-order valence-corrected chi connectivity index (χ4v) is 4.56. The van der Waals surface area contributed by atoms with E-state index in [0.29, 0.717) is 5.92 Å². The highest BCUT2D eigenvalue weighted by atomic mass is 15.1. The van der Waals surface area contributed by atoms with E-state index in [-0.39, 0.29) is 10.8 Å². The fourth-order valence-electron chi connectivity index (χ4n) is 4.56. The van der Waals surface area contributed by atoms with Crippen molar-refractivity contribution < 1.29 is 0 Å². The van der Waals surface area contributed by atoms with E-state index in [9.17, 15) is 0 Å². The number of nitrogens with one attached hydrogen (secondary N) is 1. The first-order valence-corrected chi connectivity index (χ1v) is 7.66. The number of hydrogen-bond acceptors (Lipinski definition) is 3. The standard InChI is InChI=1S/C17H18N4/c1-16(2)10-4-5-17(16,3)15-14(10)19-12-6-9-8-18-21-11(9)7-13(12)20-15/h6-8,10H,4-5H2,1-3H3,(H,18,21)/t10-,17+/m1/s1. The molecule has 21 heavy (non-hydrogen) atoms. The molecular weight excluding hydrogens is 260 g/mol. The summed E-state index contributed by atoms with van der Waals surface area (Å²) >= 11 is 0. The van der Waals surface area contributed by atoms with E-state index < -0.39 is 0 Å². The molecule has 0 spiro atoms. The van der Waals surface area contributed by atoms with Crippen LogP contribution in [-0.2, 0) is 5.41 Å². The monoisotopic (exact) mass is 278 g/mol. The van der Waals surface area contributed by atoms with Crippen LogP contribution < -0.4 is 0 Å². The lowest BCUT2D eigenvalue weighted by atomic mass is 9.70. The molecular formula is C17H18N4. The van der Waals surface area contributed by atoms with Crippen molar-refractivity contribution in [1.29, 1.82) is 0 Å². The molecule has 106 valence electrons. The van der Waals surface area contributed by atoms with Gasteiger partial charge in [-0.05, 0) is 30.4 Å². The summed E-state index contributed by atoms with van der Waals surface area (Å²) in [7, 11) is 0. The van der Waals surface area contributed by atoms with Crippen LogP contribution in [0.5, 0.6) is 0 Å². The summed E-state index contributed by atoms with van der Waals surface area (Å²) < 4.78 is 0. The first-order valence-electron chi connectivity index (χ1n) is 7.66. The van der Waals surface area contributed by atoms with Gasteiger partial charge in [0.25, 0.3) is 0 Å². The van der Waals surface area contributed by atoms with Crippen molar-refractivity contribution in [2.24, 2.45) is 5.41 Å². The Morgan fingerprint density at radius 3 is 2.81 bits per heavy atom. The minimum absolute atomic E-state index is 0.164. The Kier molecular flexibility index (Phi) is 1.81. The molecule has 2 aliphatic carbocycles. The van der Waals surface area contributed by atoms with E-state index in [0.717, 1.165) is 21.9 Å². The molecule has 0 unspecified atom stereocenters. The molecule has 1 aromatic carbocycles. The molecule has 4 nitrogen and oxygen atoms in total. The van der Waals surface area contributed by atoms with Crippen LogP contribution in [-0.4, -0.2) is 20.2 Å². The summed E-state index contributed by atoms with van der Waals surface area (Å²) in [6.45, 7) is 7.13. The second kappa shape index (κ2) is 3.26. The van der Waals surface area contributed by atoms with Crippen molar-refractivity contribution in [2.75, 3.05) is 0 Å². The average Bonchev–Trinajstić information content (AvgIpc) is 3.02. The number of hydrogen-bond donors (Lipinski definition) is 1. The summed E-state index contributed by atoms with van der Waals surface area (Å²) in [6.07, 6.45) is 4.32. The van der Waals surface area contributed by atoms with Gasteiger partial charge in [-0.3, -0.25) is 5.10 Å². The van der Waals surface area contributed by atoms with E-state index >= 15 is 0 Å². The van der Waals surface area contributed by atoms with Crippen molar-refractivity contribution in [1.82, 2.24) is 20.2 Å². The van der Waals surface area contributed by atoms with Gasteiger partial charge in [-0.2, -0.15) is 5.10 Å². The number of nitrogens with zero attached hydrogens (tertiary/aromatic N) is 3. The molecule has 0 aliphatic heterocycles. The lowest BCUT2D eigenvalue weighted by Crippen LogP contribution is -2.31. The zero-order chi connectivity index (χ0) is 14.4. The molecule has 3 aromatic rings. The molecule has 0 radical (unpaired) electrons. The van der Waals surface area contributed by atoms with Gasteiger partial charge in [0.05, 0.1) is 34.1 Å². The molecule has 2 atom stereocenters. The maximum Gasteiger partial charge on any atom is 0.0912 e. The van der Waals surface area contributed by atoms with Gasteiger partial charge in [-0.25, -0.2) is 9.97 Å². The first kappa shape index (κ1) is 11.7. The maximum atomic E-state index is 5.03. The van der Waals surface area contributed by atoms with Gasteiger partial charge in [0.2, 0.25) is 0 Å². The topological polar surface area (TPSA) is 54.5 Å². The fraction of sp³-hybridized carbons (Fsp3) is 0.471. The van der Waals surface area contributed by atoms with Crippen LogP contribution in [0.2, 0.25) is 0 Å². The maximum absolute atomic E-state index is 5.03. The summed E-state index contributed by atoms with van der Waals surface area (Å²) in [5, 5.41) is 8.23. The highest BCUT2D eigenvalue weighted by Crippen LogP contribution is 2.66. The molecule has 1 saturated carbocycles. The summed E-state index contributed by atoms with van der Waals surface area (Å²) in [5.74, 6) is 0.550. The normalized spacial score (nSPS) is 29.4. The lowest BCUT2D eigenvalue weighted by Gasteiger charge is -2.34. The molecule has 4 heteroatoms. The molecule has 2 aliphatic rings. The average molecular weight is 278 g/mol. The van der Waals surface area contributed by atoms with E-state index in [1.165, 1.54) is 24.2 Å². The Hall–Kier alpha value is -1.97. The van der Waals surface area contributed by atoms with Crippen LogP contribution in [0.25, 0.3) is 21.9 Å². The van der Waals surface area contributed by atoms with Gasteiger partial charge in [0.15, 0.2) is 0 Å². The van der Waals surface area contributed by atoms with E-state index in [4.69, 9.17) is 9.97 Å². The second-order valence-corrected chi connectivity index (χ2v) is 7.40. The van der Waals surface area contributed by atoms with Crippen LogP contribution in [0.15, 0.2) is 18.3 Å². The highest BCUT2D eigenvalue weighted by Gasteiger charge is 2.61. The molecule has 2 aromatic heterocycles. The minimum Gasteiger partial charge on any atom is -0.278 e. The summed E-state index contributed by atoms with van der Waals surface area (Å²) in [5.41, 5.74) is 5.90. The number of benzene rings is 1. The minimum atomic E-state index is 0.164. The summed E-state index contributed by atoms with van der Waals surface area (Å²) in [6, 6.07) is 4.18. The van der Waals surface area contributed by atoms with Crippen molar-refractivity contribution in [2.45, 2.75) is 44.9 Å². The number of H-pyrrole nitrogens is 1. The molecule has 2 heterocycles. The predicted octanol–water partition coefficient (Wildman–Crippen LogP) is 3.68. The number of fused-ring (bicyclic) bond motifs is 7. The van der Waals surface area contributed by atoms with Crippen molar-refractivity contribution in [3.05, 3.63) is 29.7 Å². The lowest BCUT2D eigenvalue weighted by molar-refractivity contribution is 0.227. The highest BCUT2D eigenvalue weighted by molar-refractivity contribution is 5.92. The second-order valence-electron chi connectivity index (χ2n) is 7.40. The Balaban J connectivity index is 1.88. The van der Waals surface area contributed by atoms with Gasteiger partial charge in [0.1, 0.15) is 0 Å². The molecule has 0 saturated heterocycles. The predicted molar refractivity (Wildman–Crippen MR) is 82.3 cm³/mol. The van der Waals surface area contributed by atoms with Gasteiger partial charge in [0, 0.05) is 16.7 Å². The van der Waals surface area contributed by atoms with Crippen LogP contribution in [0.1, 0.15) is 50.9 Å². The third kappa shape index (κ3) is 1.17. The number of aromatic nitrogens is 4. The Bertz CT molecular complexity index is 908. The molecule has 1 fully saturated rings. The van der Waals surface area contributed by atoms with Gasteiger partial charge in [-0.1, -0.05) is 20.8 Å². The van der Waals surface area contributed by atoms with E-state index in [2.05, 4.69) is 43.1 Å². The number of aromatic amines is 1. The van der Waals surface area contributed by atoms with E-state index in [1.54, 1.807) is 0 Å². The third-order valence-electron chi connectivity index (χ3n) is 6.33. The molecule has 2 bridgehead atoms. The quantitative estimate of drug-likeness (QED) is 0.682.